The van der Waals surface area contributed by atoms with Crippen LogP contribution < -0.4 is 9.86 Å². The molecule has 0 bridgehead atoms. The van der Waals surface area contributed by atoms with Crippen LogP contribution >= 0.6 is 11.6 Å². The van der Waals surface area contributed by atoms with Crippen LogP contribution in [0.25, 0.3) is 0 Å². The third-order valence-corrected chi connectivity index (χ3v) is 6.67. The predicted molar refractivity (Wildman–Crippen MR) is 138 cm³/mol. The maximum atomic E-state index is 12.6. The molecule has 36 heavy (non-hydrogen) atoms. The summed E-state index contributed by atoms with van der Waals surface area (Å²) in [5, 5.41) is 23.6. The van der Waals surface area contributed by atoms with Crippen molar-refractivity contribution in [3.8, 4) is 0 Å². The van der Waals surface area contributed by atoms with Crippen molar-refractivity contribution in [1.82, 2.24) is 14.3 Å². The second kappa shape index (κ2) is 14.1. The van der Waals surface area contributed by atoms with Gasteiger partial charge < -0.3 is 14.8 Å². The zero-order valence-corrected chi connectivity index (χ0v) is 23.2. The first kappa shape index (κ1) is 32.0. The highest BCUT2D eigenvalue weighted by atomic mass is 35.5. The molecule has 1 aromatic carbocycles. The number of unbranched alkanes of at least 4 members (excludes halogenated alkanes) is 1. The first-order chi connectivity index (χ1) is 16.6. The van der Waals surface area contributed by atoms with Crippen molar-refractivity contribution in [3.05, 3.63) is 46.5 Å². The number of aliphatic hydroxyl groups is 1. The molecule has 0 saturated carbocycles. The lowest BCUT2D eigenvalue weighted by atomic mass is 10.1. The molecular formula is C22H35ClN4O7S2. The van der Waals surface area contributed by atoms with Gasteiger partial charge in [0.05, 0.1) is 23.5 Å². The molecule has 0 amide bonds. The third kappa shape index (κ3) is 10.9. The number of benzene rings is 1. The Bertz CT molecular complexity index is 1200. The minimum atomic E-state index is -3.98. The van der Waals surface area contributed by atoms with Crippen LogP contribution in [0.1, 0.15) is 57.1 Å². The molecule has 14 heteroatoms. The van der Waals surface area contributed by atoms with Gasteiger partial charge in [-0.3, -0.25) is 4.79 Å². The summed E-state index contributed by atoms with van der Waals surface area (Å²) >= 11 is 6.16. The molecule has 2 aromatic rings. The number of carboxylic acids is 1. The van der Waals surface area contributed by atoms with E-state index in [2.05, 4.69) is 21.8 Å². The number of aromatic nitrogens is 2. The van der Waals surface area contributed by atoms with Gasteiger partial charge in [0.2, 0.25) is 20.0 Å². The fraction of sp³-hybridized carbons (Fsp3) is 0.545. The zero-order chi connectivity index (χ0) is 27.7. The van der Waals surface area contributed by atoms with Crippen LogP contribution in [0.15, 0.2) is 29.2 Å². The topological polar surface area (TPSA) is 182 Å². The molecule has 0 radical (unpaired) electrons. The van der Waals surface area contributed by atoms with Gasteiger partial charge >= 0.3 is 5.97 Å². The van der Waals surface area contributed by atoms with Gasteiger partial charge in [-0.05, 0) is 36.5 Å². The molecule has 0 spiro atoms. The third-order valence-electron chi connectivity index (χ3n) is 4.88. The van der Waals surface area contributed by atoms with Gasteiger partial charge in [-0.15, -0.1) is 0 Å². The molecule has 11 nitrogen and oxygen atoms in total. The van der Waals surface area contributed by atoms with E-state index in [0.717, 1.165) is 36.9 Å². The van der Waals surface area contributed by atoms with Crippen molar-refractivity contribution in [2.24, 2.45) is 11.1 Å². The standard InChI is InChI=1S/C21H30ClN3O5S.CH5NO2S/c1-4-5-6-19-23-20(22)18(13-26)25(19)12-15-7-9-16(10-8-15)31(29,30)24-17(21(27)28)11-14(2)3;1-5(2,3)4/h7-10,14,17,24,26H,4-6,11-13H2,1-3H3,(H,27,28);1H3,(H2,2,3,4)/t17-;/m1./s1. The van der Waals surface area contributed by atoms with Crippen molar-refractivity contribution in [2.45, 2.75) is 70.5 Å². The van der Waals surface area contributed by atoms with Gasteiger partial charge in [0.15, 0.2) is 5.15 Å². The summed E-state index contributed by atoms with van der Waals surface area (Å²) in [7, 11) is -7.15. The van der Waals surface area contributed by atoms with Gasteiger partial charge in [-0.25, -0.2) is 27.0 Å². The molecule has 5 N–H and O–H groups in total. The number of nitrogens with two attached hydrogens (primary N) is 1. The number of halogens is 1. The van der Waals surface area contributed by atoms with E-state index in [9.17, 15) is 31.8 Å². The number of hydrogen-bond donors (Lipinski definition) is 4. The van der Waals surface area contributed by atoms with Crippen LogP contribution in [0, 0.1) is 5.92 Å². The number of primary sulfonamides is 1. The molecule has 0 aliphatic heterocycles. The minimum absolute atomic E-state index is 0.0106. The average molecular weight is 567 g/mol. The van der Waals surface area contributed by atoms with Gasteiger partial charge in [-0.2, -0.15) is 4.72 Å². The smallest absolute Gasteiger partial charge is 0.321 e. The Morgan fingerprint density at radius 3 is 2.19 bits per heavy atom. The van der Waals surface area contributed by atoms with E-state index < -0.39 is 32.1 Å². The van der Waals surface area contributed by atoms with Crippen molar-refractivity contribution in [3.63, 3.8) is 0 Å². The number of nitrogens with one attached hydrogen (secondary N) is 1. The second-order valence-corrected chi connectivity index (χ2v) is 12.5. The Labute approximate surface area is 217 Å². The Morgan fingerprint density at radius 2 is 1.75 bits per heavy atom. The number of carbonyl (C=O) groups is 1. The number of aliphatic carboxylic acids is 1. The van der Waals surface area contributed by atoms with E-state index in [0.29, 0.717) is 12.2 Å². The summed E-state index contributed by atoms with van der Waals surface area (Å²) in [6.45, 7) is 5.87. The Hall–Kier alpha value is -2.03. The number of carboxylic acid groups (broad SMARTS) is 1. The number of aliphatic hydroxyl groups excluding tert-OH is 1. The quantitative estimate of drug-likeness (QED) is 0.301. The lowest BCUT2D eigenvalue weighted by Crippen LogP contribution is -2.41. The lowest BCUT2D eigenvalue weighted by Gasteiger charge is -2.17. The summed E-state index contributed by atoms with van der Waals surface area (Å²) in [6.07, 6.45) is 3.78. The summed E-state index contributed by atoms with van der Waals surface area (Å²) < 4.78 is 48.2. The van der Waals surface area contributed by atoms with Crippen LogP contribution in [0.5, 0.6) is 0 Å². The van der Waals surface area contributed by atoms with Crippen LogP contribution in [-0.2, 0) is 44.4 Å². The Kier molecular flexibility index (Phi) is 12.5. The fourth-order valence-corrected chi connectivity index (χ4v) is 4.71. The number of nitrogens with zero attached hydrogens (tertiary/aromatic N) is 2. The van der Waals surface area contributed by atoms with E-state index in [4.69, 9.17) is 11.6 Å². The molecule has 2 rings (SSSR count). The highest BCUT2D eigenvalue weighted by Gasteiger charge is 2.26. The summed E-state index contributed by atoms with van der Waals surface area (Å²) in [6, 6.07) is 5.01. The van der Waals surface area contributed by atoms with Crippen molar-refractivity contribution >= 4 is 37.6 Å². The van der Waals surface area contributed by atoms with E-state index in [1.54, 1.807) is 12.1 Å². The SMILES string of the molecule is CCCCc1nc(Cl)c(CO)n1Cc1ccc(S(=O)(=O)N[C@H](CC(C)C)C(=O)O)cc1.CS(N)(=O)=O. The molecule has 1 atom stereocenters. The highest BCUT2D eigenvalue weighted by Crippen LogP contribution is 2.21. The van der Waals surface area contributed by atoms with Crippen molar-refractivity contribution in [1.29, 1.82) is 0 Å². The summed E-state index contributed by atoms with van der Waals surface area (Å²) in [5.74, 6) is -0.412. The molecule has 1 heterocycles. The zero-order valence-electron chi connectivity index (χ0n) is 20.8. The molecular weight excluding hydrogens is 532 g/mol. The largest absolute Gasteiger partial charge is 0.480 e. The van der Waals surface area contributed by atoms with Gasteiger partial charge in [0.1, 0.15) is 11.9 Å². The number of aryl methyl sites for hydroxylation is 1. The fourth-order valence-electron chi connectivity index (χ4n) is 3.25. The second-order valence-electron chi connectivity index (χ2n) is 8.73. The number of sulfonamides is 2. The molecule has 0 unspecified atom stereocenters. The molecule has 0 aliphatic rings. The minimum Gasteiger partial charge on any atom is -0.480 e. The first-order valence-electron chi connectivity index (χ1n) is 11.3. The van der Waals surface area contributed by atoms with Crippen molar-refractivity contribution in [2.75, 3.05) is 6.26 Å². The van der Waals surface area contributed by atoms with E-state index in [-0.39, 0.29) is 29.0 Å². The van der Waals surface area contributed by atoms with Crippen molar-refractivity contribution < 1.29 is 31.8 Å². The van der Waals surface area contributed by atoms with Crippen LogP contribution in [0.3, 0.4) is 0 Å². The average Bonchev–Trinajstić information content (AvgIpc) is 3.04. The highest BCUT2D eigenvalue weighted by molar-refractivity contribution is 7.89. The molecule has 0 fully saturated rings. The van der Waals surface area contributed by atoms with E-state index >= 15 is 0 Å². The first-order valence-corrected chi connectivity index (χ1v) is 15.1. The van der Waals surface area contributed by atoms with E-state index in [1.807, 2.05) is 18.4 Å². The van der Waals surface area contributed by atoms with E-state index in [1.165, 1.54) is 12.1 Å². The lowest BCUT2D eigenvalue weighted by molar-refractivity contribution is -0.139. The maximum absolute atomic E-state index is 12.6. The van der Waals surface area contributed by atoms with Gasteiger partial charge in [0.25, 0.3) is 0 Å². The maximum Gasteiger partial charge on any atom is 0.321 e. The Morgan fingerprint density at radius 1 is 1.19 bits per heavy atom. The number of hydrogen-bond acceptors (Lipinski definition) is 7. The summed E-state index contributed by atoms with van der Waals surface area (Å²) in [5.41, 5.74) is 1.32. The number of rotatable bonds is 12. The van der Waals surface area contributed by atoms with Gasteiger partial charge in [0, 0.05) is 13.0 Å². The van der Waals surface area contributed by atoms with Gasteiger partial charge in [-0.1, -0.05) is 50.9 Å². The van der Waals surface area contributed by atoms with Crippen LogP contribution in [0.2, 0.25) is 5.15 Å². The Balaban J connectivity index is 0.00000118. The summed E-state index contributed by atoms with van der Waals surface area (Å²) in [4.78, 5) is 15.7. The van der Waals surface area contributed by atoms with Crippen LogP contribution in [0.4, 0.5) is 0 Å². The molecule has 204 valence electrons. The molecule has 1 aromatic heterocycles. The molecule has 0 saturated heterocycles. The molecule has 0 aliphatic carbocycles. The normalized spacial score (nSPS) is 12.8. The van der Waals surface area contributed by atoms with Crippen LogP contribution in [-0.4, -0.2) is 54.9 Å². The monoisotopic (exact) mass is 566 g/mol. The predicted octanol–water partition coefficient (Wildman–Crippen LogP) is 2.10. The number of imidazole rings is 1.